The van der Waals surface area contributed by atoms with Crippen LogP contribution < -0.4 is 0 Å². The predicted molar refractivity (Wildman–Crippen MR) is 88.0 cm³/mol. The van der Waals surface area contributed by atoms with Gasteiger partial charge in [0, 0.05) is 32.8 Å². The molecule has 0 amide bonds. The van der Waals surface area contributed by atoms with E-state index in [0.717, 1.165) is 58.9 Å². The molecule has 0 N–H and O–H groups in total. The number of rotatable bonds is 2. The van der Waals surface area contributed by atoms with Crippen LogP contribution in [-0.4, -0.2) is 57.6 Å². The minimum atomic E-state index is 0.690. The predicted octanol–water partition coefficient (Wildman–Crippen LogP) is 2.72. The third-order valence-corrected chi connectivity index (χ3v) is 3.80. The molecule has 1 aliphatic heterocycles. The van der Waals surface area contributed by atoms with Gasteiger partial charge in [-0.05, 0) is 24.8 Å². The van der Waals surface area contributed by atoms with Crippen molar-refractivity contribution in [1.82, 2.24) is 4.90 Å². The topological polar surface area (TPSA) is 30.9 Å². The van der Waals surface area contributed by atoms with Crippen LogP contribution in [0.2, 0.25) is 0 Å². The first-order valence-corrected chi connectivity index (χ1v) is 8.44. The number of nitrogens with zero attached hydrogens (tertiary/aromatic N) is 1. The normalized spacial score (nSPS) is 20.9. The van der Waals surface area contributed by atoms with Crippen molar-refractivity contribution >= 4 is 0 Å². The molecule has 1 aromatic rings. The molecule has 4 heteroatoms. The fraction of sp³-hybridized carbons (Fsp3) is 0.667. The molecule has 4 nitrogen and oxygen atoms in total. The van der Waals surface area contributed by atoms with Gasteiger partial charge in [0.05, 0.1) is 26.4 Å². The minimum Gasteiger partial charge on any atom is -0.380 e. The molecule has 1 saturated heterocycles. The van der Waals surface area contributed by atoms with Gasteiger partial charge in [-0.1, -0.05) is 30.3 Å². The quantitative estimate of drug-likeness (QED) is 0.840. The van der Waals surface area contributed by atoms with E-state index in [1.54, 1.807) is 0 Å². The van der Waals surface area contributed by atoms with E-state index >= 15 is 0 Å². The largest absolute Gasteiger partial charge is 0.380 e. The van der Waals surface area contributed by atoms with Gasteiger partial charge < -0.3 is 14.2 Å². The Balaban J connectivity index is 1.77. The van der Waals surface area contributed by atoms with Crippen molar-refractivity contribution in [2.75, 3.05) is 52.7 Å². The van der Waals surface area contributed by atoms with Gasteiger partial charge in [-0.3, -0.25) is 4.90 Å². The van der Waals surface area contributed by atoms with Crippen LogP contribution in [0, 0.1) is 0 Å². The minimum absolute atomic E-state index is 0.690. The molecular formula is C18H29NO3. The fourth-order valence-corrected chi connectivity index (χ4v) is 2.51. The average molecular weight is 307 g/mol. The van der Waals surface area contributed by atoms with E-state index < -0.39 is 0 Å². The molecule has 2 rings (SSSR count). The highest BCUT2D eigenvalue weighted by Crippen LogP contribution is 2.05. The molecule has 0 saturated carbocycles. The number of benzene rings is 1. The van der Waals surface area contributed by atoms with Crippen LogP contribution in [-0.2, 0) is 20.8 Å². The first-order valence-electron chi connectivity index (χ1n) is 8.44. The van der Waals surface area contributed by atoms with Gasteiger partial charge in [-0.15, -0.1) is 0 Å². The zero-order valence-electron chi connectivity index (χ0n) is 13.5. The average Bonchev–Trinajstić information content (AvgIpc) is 2.56. The Labute approximate surface area is 134 Å². The smallest absolute Gasteiger partial charge is 0.0701 e. The van der Waals surface area contributed by atoms with E-state index in [1.807, 2.05) is 0 Å². The third-order valence-electron chi connectivity index (χ3n) is 3.80. The lowest BCUT2D eigenvalue weighted by Gasteiger charge is -2.22. The standard InChI is InChI=1S/C18H29NO3/c1-3-7-18(8-4-1)17-19-9-13-20-11-5-2-6-12-21-15-16-22-14-10-19/h1,3-4,7-8H,2,5-6,9-17H2. The van der Waals surface area contributed by atoms with E-state index in [4.69, 9.17) is 14.2 Å². The molecular weight excluding hydrogens is 278 g/mol. The molecule has 124 valence electrons. The van der Waals surface area contributed by atoms with E-state index in [2.05, 4.69) is 35.2 Å². The Hall–Kier alpha value is -0.940. The summed E-state index contributed by atoms with van der Waals surface area (Å²) in [6, 6.07) is 10.6. The number of ether oxygens (including phenoxy) is 3. The summed E-state index contributed by atoms with van der Waals surface area (Å²) in [5.74, 6) is 0. The van der Waals surface area contributed by atoms with Crippen LogP contribution in [0.5, 0.6) is 0 Å². The Kier molecular flexibility index (Phi) is 9.19. The molecule has 0 unspecified atom stereocenters. The van der Waals surface area contributed by atoms with Crippen LogP contribution in [0.25, 0.3) is 0 Å². The Morgan fingerprint density at radius 2 is 1.27 bits per heavy atom. The molecule has 22 heavy (non-hydrogen) atoms. The second-order valence-electron chi connectivity index (χ2n) is 5.66. The summed E-state index contributed by atoms with van der Waals surface area (Å²) < 4.78 is 17.0. The lowest BCUT2D eigenvalue weighted by atomic mass is 10.2. The Bertz CT molecular complexity index is 356. The van der Waals surface area contributed by atoms with E-state index in [1.165, 1.54) is 12.0 Å². The molecule has 1 fully saturated rings. The molecule has 0 aromatic heterocycles. The second kappa shape index (κ2) is 11.6. The maximum atomic E-state index is 5.75. The van der Waals surface area contributed by atoms with Crippen molar-refractivity contribution in [3.8, 4) is 0 Å². The van der Waals surface area contributed by atoms with Crippen LogP contribution in [0.4, 0.5) is 0 Å². The van der Waals surface area contributed by atoms with Crippen LogP contribution in [0.3, 0.4) is 0 Å². The SMILES string of the molecule is c1ccc(CN2CCOCCCCCOCCOCC2)cc1. The lowest BCUT2D eigenvalue weighted by molar-refractivity contribution is 0.0347. The van der Waals surface area contributed by atoms with Crippen molar-refractivity contribution in [1.29, 1.82) is 0 Å². The molecule has 1 aromatic carbocycles. The van der Waals surface area contributed by atoms with Gasteiger partial charge >= 0.3 is 0 Å². The highest BCUT2D eigenvalue weighted by atomic mass is 16.5. The summed E-state index contributed by atoms with van der Waals surface area (Å²) in [6.07, 6.45) is 3.41. The van der Waals surface area contributed by atoms with Crippen LogP contribution in [0.1, 0.15) is 24.8 Å². The van der Waals surface area contributed by atoms with E-state index in [0.29, 0.717) is 13.2 Å². The highest BCUT2D eigenvalue weighted by molar-refractivity contribution is 5.14. The molecule has 1 heterocycles. The first-order chi connectivity index (χ1) is 10.9. The van der Waals surface area contributed by atoms with Crippen LogP contribution >= 0.6 is 0 Å². The maximum Gasteiger partial charge on any atom is 0.0701 e. The molecule has 0 spiro atoms. The third kappa shape index (κ3) is 7.90. The van der Waals surface area contributed by atoms with Gasteiger partial charge in [0.1, 0.15) is 0 Å². The Morgan fingerprint density at radius 1 is 0.682 bits per heavy atom. The lowest BCUT2D eigenvalue weighted by Crippen LogP contribution is -2.31. The van der Waals surface area contributed by atoms with E-state index in [9.17, 15) is 0 Å². The zero-order valence-corrected chi connectivity index (χ0v) is 13.5. The van der Waals surface area contributed by atoms with Gasteiger partial charge in [0.2, 0.25) is 0 Å². The van der Waals surface area contributed by atoms with Crippen molar-refractivity contribution in [3.63, 3.8) is 0 Å². The Morgan fingerprint density at radius 3 is 1.95 bits per heavy atom. The van der Waals surface area contributed by atoms with Crippen molar-refractivity contribution in [2.24, 2.45) is 0 Å². The molecule has 0 atom stereocenters. The van der Waals surface area contributed by atoms with Gasteiger partial charge in [0.15, 0.2) is 0 Å². The zero-order chi connectivity index (χ0) is 15.3. The summed E-state index contributed by atoms with van der Waals surface area (Å²) in [4.78, 5) is 2.40. The number of hydrogen-bond acceptors (Lipinski definition) is 4. The number of hydrogen-bond donors (Lipinski definition) is 0. The monoisotopic (exact) mass is 307 g/mol. The van der Waals surface area contributed by atoms with Crippen molar-refractivity contribution in [2.45, 2.75) is 25.8 Å². The molecule has 0 aliphatic carbocycles. The van der Waals surface area contributed by atoms with Gasteiger partial charge in [-0.2, -0.15) is 0 Å². The molecule has 1 aliphatic rings. The first kappa shape index (κ1) is 17.4. The summed E-state index contributed by atoms with van der Waals surface area (Å²) in [5.41, 5.74) is 1.34. The van der Waals surface area contributed by atoms with Crippen molar-refractivity contribution < 1.29 is 14.2 Å². The van der Waals surface area contributed by atoms with Gasteiger partial charge in [0.25, 0.3) is 0 Å². The molecule has 0 radical (unpaired) electrons. The summed E-state index contributed by atoms with van der Waals surface area (Å²) in [7, 11) is 0. The highest BCUT2D eigenvalue weighted by Gasteiger charge is 2.06. The molecule has 0 bridgehead atoms. The van der Waals surface area contributed by atoms with Gasteiger partial charge in [-0.25, -0.2) is 0 Å². The van der Waals surface area contributed by atoms with E-state index in [-0.39, 0.29) is 0 Å². The maximum absolute atomic E-state index is 5.75. The summed E-state index contributed by atoms with van der Waals surface area (Å²) in [6.45, 7) is 7.46. The fourth-order valence-electron chi connectivity index (χ4n) is 2.51. The van der Waals surface area contributed by atoms with Crippen molar-refractivity contribution in [3.05, 3.63) is 35.9 Å². The summed E-state index contributed by atoms with van der Waals surface area (Å²) in [5, 5.41) is 0. The second-order valence-corrected chi connectivity index (χ2v) is 5.66. The summed E-state index contributed by atoms with van der Waals surface area (Å²) >= 11 is 0. The van der Waals surface area contributed by atoms with Crippen LogP contribution in [0.15, 0.2) is 30.3 Å².